The van der Waals surface area contributed by atoms with Crippen LogP contribution in [0.2, 0.25) is 0 Å². The largest absolute Gasteiger partial charge is 0.308 e. The Balaban J connectivity index is 2.13. The fourth-order valence-electron chi connectivity index (χ4n) is 4.29. The molecule has 0 amide bonds. The predicted octanol–water partition coefficient (Wildman–Crippen LogP) is 4.20. The lowest BCUT2D eigenvalue weighted by Gasteiger charge is -2.51. The van der Waals surface area contributed by atoms with E-state index >= 15 is 0 Å². The molecule has 1 aliphatic heterocycles. The molecule has 1 heterocycles. The van der Waals surface area contributed by atoms with Crippen molar-refractivity contribution >= 4 is 0 Å². The highest BCUT2D eigenvalue weighted by atomic mass is 15.3. The second-order valence-electron chi connectivity index (χ2n) is 7.50. The number of hydrogen-bond donors (Lipinski definition) is 1. The summed E-state index contributed by atoms with van der Waals surface area (Å²) in [6.45, 7) is 12.0. The number of nitrogens with one attached hydrogen (secondary N) is 1. The number of rotatable bonds is 4. The van der Waals surface area contributed by atoms with Crippen LogP contribution in [0.5, 0.6) is 0 Å². The van der Waals surface area contributed by atoms with Gasteiger partial charge in [0.2, 0.25) is 0 Å². The van der Waals surface area contributed by atoms with Gasteiger partial charge in [-0.1, -0.05) is 53.4 Å². The standard InChI is InChI=1S/C18H36N2/c1-5-18(6-2)14-20(17(13-19-18)15(3)4)16-11-9-7-8-10-12-16/h15-17,19H,5-14H2,1-4H3. The van der Waals surface area contributed by atoms with E-state index in [0.717, 1.165) is 18.0 Å². The number of nitrogens with zero attached hydrogens (tertiary/aromatic N) is 1. The third-order valence-electron chi connectivity index (χ3n) is 6.01. The highest BCUT2D eigenvalue weighted by Crippen LogP contribution is 2.31. The monoisotopic (exact) mass is 280 g/mol. The molecule has 1 unspecified atom stereocenters. The maximum atomic E-state index is 3.91. The van der Waals surface area contributed by atoms with E-state index in [2.05, 4.69) is 37.9 Å². The maximum Gasteiger partial charge on any atom is 0.0304 e. The van der Waals surface area contributed by atoms with Crippen molar-refractivity contribution < 1.29 is 0 Å². The molecule has 2 nitrogen and oxygen atoms in total. The van der Waals surface area contributed by atoms with Crippen LogP contribution >= 0.6 is 0 Å². The van der Waals surface area contributed by atoms with Gasteiger partial charge in [-0.2, -0.15) is 0 Å². The zero-order chi connectivity index (χ0) is 14.6. The van der Waals surface area contributed by atoms with E-state index in [1.807, 2.05) is 0 Å². The molecule has 1 saturated carbocycles. The first-order valence-corrected chi connectivity index (χ1v) is 9.12. The molecule has 0 aromatic rings. The van der Waals surface area contributed by atoms with Crippen molar-refractivity contribution in [2.75, 3.05) is 13.1 Å². The Kier molecular flexibility index (Phi) is 5.92. The lowest BCUT2D eigenvalue weighted by molar-refractivity contribution is 0.0117. The average Bonchev–Trinajstić information content (AvgIpc) is 2.75. The van der Waals surface area contributed by atoms with Crippen LogP contribution in [0.3, 0.4) is 0 Å². The number of hydrogen-bond acceptors (Lipinski definition) is 2. The highest BCUT2D eigenvalue weighted by molar-refractivity contribution is 4.99. The van der Waals surface area contributed by atoms with Crippen LogP contribution in [-0.2, 0) is 0 Å². The fourth-order valence-corrected chi connectivity index (χ4v) is 4.29. The van der Waals surface area contributed by atoms with Crippen molar-refractivity contribution in [2.24, 2.45) is 5.92 Å². The van der Waals surface area contributed by atoms with E-state index in [1.54, 1.807) is 0 Å². The zero-order valence-corrected chi connectivity index (χ0v) is 14.3. The van der Waals surface area contributed by atoms with Gasteiger partial charge in [0.1, 0.15) is 0 Å². The van der Waals surface area contributed by atoms with Gasteiger partial charge < -0.3 is 5.32 Å². The van der Waals surface area contributed by atoms with E-state index in [-0.39, 0.29) is 0 Å². The topological polar surface area (TPSA) is 15.3 Å². The Morgan fingerprint density at radius 2 is 1.65 bits per heavy atom. The minimum absolute atomic E-state index is 0.373. The average molecular weight is 280 g/mol. The lowest BCUT2D eigenvalue weighted by atomic mass is 9.84. The molecule has 2 fully saturated rings. The Morgan fingerprint density at radius 1 is 1.05 bits per heavy atom. The summed E-state index contributed by atoms with van der Waals surface area (Å²) in [5.41, 5.74) is 0.373. The maximum absolute atomic E-state index is 3.91. The van der Waals surface area contributed by atoms with Crippen molar-refractivity contribution in [3.05, 3.63) is 0 Å². The van der Waals surface area contributed by atoms with E-state index in [1.165, 1.54) is 64.5 Å². The first-order valence-electron chi connectivity index (χ1n) is 9.12. The molecule has 1 aliphatic carbocycles. The fraction of sp³-hybridized carbons (Fsp3) is 1.00. The first-order chi connectivity index (χ1) is 9.62. The van der Waals surface area contributed by atoms with Gasteiger partial charge in [0, 0.05) is 30.7 Å². The van der Waals surface area contributed by atoms with Crippen LogP contribution in [-0.4, -0.2) is 35.6 Å². The smallest absolute Gasteiger partial charge is 0.0304 e. The highest BCUT2D eigenvalue weighted by Gasteiger charge is 2.40. The molecule has 1 saturated heterocycles. The van der Waals surface area contributed by atoms with Gasteiger partial charge >= 0.3 is 0 Å². The summed E-state index contributed by atoms with van der Waals surface area (Å²) in [6.07, 6.45) is 11.2. The minimum atomic E-state index is 0.373. The summed E-state index contributed by atoms with van der Waals surface area (Å²) in [5, 5.41) is 3.91. The van der Waals surface area contributed by atoms with Crippen LogP contribution in [0.15, 0.2) is 0 Å². The van der Waals surface area contributed by atoms with Crippen molar-refractivity contribution in [3.8, 4) is 0 Å². The quantitative estimate of drug-likeness (QED) is 0.777. The van der Waals surface area contributed by atoms with Crippen LogP contribution in [0.25, 0.3) is 0 Å². The molecule has 20 heavy (non-hydrogen) atoms. The first kappa shape index (κ1) is 16.3. The molecule has 118 valence electrons. The summed E-state index contributed by atoms with van der Waals surface area (Å²) >= 11 is 0. The van der Waals surface area contributed by atoms with E-state index in [9.17, 15) is 0 Å². The lowest BCUT2D eigenvalue weighted by Crippen LogP contribution is -2.66. The summed E-state index contributed by atoms with van der Waals surface area (Å²) in [5.74, 6) is 0.762. The van der Waals surface area contributed by atoms with Crippen molar-refractivity contribution in [3.63, 3.8) is 0 Å². The van der Waals surface area contributed by atoms with Gasteiger partial charge in [0.05, 0.1) is 0 Å². The molecule has 0 spiro atoms. The van der Waals surface area contributed by atoms with Crippen LogP contribution in [0.4, 0.5) is 0 Å². The molecule has 2 heteroatoms. The molecule has 0 aromatic carbocycles. The Labute approximate surface area is 126 Å². The normalized spacial score (nSPS) is 29.6. The molecule has 0 aromatic heterocycles. The van der Waals surface area contributed by atoms with Crippen molar-refractivity contribution in [1.82, 2.24) is 10.2 Å². The molecule has 2 rings (SSSR count). The third kappa shape index (κ3) is 3.57. The summed E-state index contributed by atoms with van der Waals surface area (Å²) < 4.78 is 0. The van der Waals surface area contributed by atoms with Gasteiger partial charge in [0.15, 0.2) is 0 Å². The minimum Gasteiger partial charge on any atom is -0.308 e. The Hall–Kier alpha value is -0.0800. The molecule has 2 aliphatic rings. The van der Waals surface area contributed by atoms with Gasteiger partial charge in [-0.05, 0) is 31.6 Å². The molecular formula is C18H36N2. The summed E-state index contributed by atoms with van der Waals surface area (Å²) in [7, 11) is 0. The van der Waals surface area contributed by atoms with Crippen LogP contribution in [0, 0.1) is 5.92 Å². The molecular weight excluding hydrogens is 244 g/mol. The van der Waals surface area contributed by atoms with E-state index in [4.69, 9.17) is 0 Å². The Morgan fingerprint density at radius 3 is 2.15 bits per heavy atom. The molecule has 1 atom stereocenters. The second kappa shape index (κ2) is 7.26. The second-order valence-corrected chi connectivity index (χ2v) is 7.50. The summed E-state index contributed by atoms with van der Waals surface area (Å²) in [6, 6.07) is 1.59. The van der Waals surface area contributed by atoms with Gasteiger partial charge in [-0.15, -0.1) is 0 Å². The molecule has 0 bridgehead atoms. The Bertz CT molecular complexity index is 275. The predicted molar refractivity (Wildman–Crippen MR) is 88.1 cm³/mol. The number of piperazine rings is 1. The van der Waals surface area contributed by atoms with Crippen LogP contribution in [0.1, 0.15) is 79.1 Å². The SMILES string of the molecule is CCC1(CC)CN(C2CCCCCC2)C(C(C)C)CN1. The molecule has 0 radical (unpaired) electrons. The summed E-state index contributed by atoms with van der Waals surface area (Å²) in [4.78, 5) is 2.92. The van der Waals surface area contributed by atoms with E-state index < -0.39 is 0 Å². The van der Waals surface area contributed by atoms with Gasteiger partial charge in [-0.25, -0.2) is 0 Å². The van der Waals surface area contributed by atoms with Gasteiger partial charge in [-0.3, -0.25) is 4.90 Å². The zero-order valence-electron chi connectivity index (χ0n) is 14.3. The van der Waals surface area contributed by atoms with Crippen molar-refractivity contribution in [1.29, 1.82) is 0 Å². The third-order valence-corrected chi connectivity index (χ3v) is 6.01. The van der Waals surface area contributed by atoms with Crippen molar-refractivity contribution in [2.45, 2.75) is 96.7 Å². The molecule has 1 N–H and O–H groups in total. The van der Waals surface area contributed by atoms with Crippen LogP contribution < -0.4 is 5.32 Å². The van der Waals surface area contributed by atoms with Gasteiger partial charge in [0.25, 0.3) is 0 Å². The van der Waals surface area contributed by atoms with E-state index in [0.29, 0.717) is 5.54 Å².